The van der Waals surface area contributed by atoms with Gasteiger partial charge in [0.2, 0.25) is 5.91 Å². The van der Waals surface area contributed by atoms with Crippen molar-refractivity contribution in [1.29, 1.82) is 0 Å². The third-order valence-corrected chi connectivity index (χ3v) is 4.54. The Morgan fingerprint density at radius 1 is 1.38 bits per heavy atom. The van der Waals surface area contributed by atoms with E-state index in [0.29, 0.717) is 35.3 Å². The molecule has 0 aliphatic carbocycles. The molecule has 1 aliphatic heterocycles. The lowest BCUT2D eigenvalue weighted by atomic mass is 9.90. The molecule has 0 bridgehead atoms. The Hall–Kier alpha value is -1.21. The minimum Gasteiger partial charge on any atom is -0.495 e. The van der Waals surface area contributed by atoms with E-state index in [1.54, 1.807) is 12.1 Å². The van der Waals surface area contributed by atoms with E-state index < -0.39 is 0 Å². The van der Waals surface area contributed by atoms with Gasteiger partial charge in [-0.2, -0.15) is 0 Å². The first-order valence-electron chi connectivity index (χ1n) is 7.54. The van der Waals surface area contributed by atoms with Crippen molar-refractivity contribution in [2.24, 2.45) is 11.1 Å². The summed E-state index contributed by atoms with van der Waals surface area (Å²) in [5, 5.41) is 3.27. The second-order valence-corrected chi connectivity index (χ2v) is 6.62. The summed E-state index contributed by atoms with van der Waals surface area (Å²) in [5.41, 5.74) is 6.43. The summed E-state index contributed by atoms with van der Waals surface area (Å²) in [6.07, 6.45) is 1.01. The molecular formula is C16H25Cl2N3O3. The Morgan fingerprint density at radius 3 is 2.58 bits per heavy atom. The molecule has 1 amide bonds. The Balaban J connectivity index is 0.00000288. The van der Waals surface area contributed by atoms with Gasteiger partial charge >= 0.3 is 0 Å². The summed E-state index contributed by atoms with van der Waals surface area (Å²) >= 11 is 6.11. The summed E-state index contributed by atoms with van der Waals surface area (Å²) in [7, 11) is 3.06. The third-order valence-electron chi connectivity index (χ3n) is 4.24. The SMILES string of the molecule is COc1cc(OC)c(NC(=O)CN2CCC(C)(CN)C2)cc1Cl.Cl. The number of carbonyl (C=O) groups excluding carboxylic acids is 1. The van der Waals surface area contributed by atoms with Gasteiger partial charge in [-0.3, -0.25) is 9.69 Å². The number of methoxy groups -OCH3 is 2. The van der Waals surface area contributed by atoms with E-state index in [1.807, 2.05) is 0 Å². The molecule has 1 aromatic rings. The number of nitrogens with two attached hydrogens (primary N) is 1. The molecule has 136 valence electrons. The van der Waals surface area contributed by atoms with Crippen LogP contribution in [0.15, 0.2) is 12.1 Å². The minimum absolute atomic E-state index is 0. The smallest absolute Gasteiger partial charge is 0.238 e. The number of anilines is 1. The van der Waals surface area contributed by atoms with Crippen molar-refractivity contribution in [3.8, 4) is 11.5 Å². The molecule has 0 aromatic heterocycles. The Labute approximate surface area is 154 Å². The molecule has 1 aliphatic rings. The van der Waals surface area contributed by atoms with Crippen molar-refractivity contribution in [1.82, 2.24) is 4.90 Å². The molecule has 1 aromatic carbocycles. The zero-order chi connectivity index (χ0) is 17.0. The minimum atomic E-state index is -0.106. The highest BCUT2D eigenvalue weighted by molar-refractivity contribution is 6.32. The number of nitrogens with zero attached hydrogens (tertiary/aromatic N) is 1. The Bertz CT molecular complexity index is 586. The highest BCUT2D eigenvalue weighted by Gasteiger charge is 2.33. The van der Waals surface area contributed by atoms with Crippen LogP contribution in [0.2, 0.25) is 5.02 Å². The topological polar surface area (TPSA) is 76.8 Å². The standard InChI is InChI=1S/C16H24ClN3O3.ClH/c1-16(9-18)4-5-20(10-16)8-15(21)19-12-6-11(17)13(22-2)7-14(12)23-3;/h6-7H,4-5,8-10,18H2,1-3H3,(H,19,21);1H. The van der Waals surface area contributed by atoms with Crippen LogP contribution in [0.5, 0.6) is 11.5 Å². The van der Waals surface area contributed by atoms with E-state index in [1.165, 1.54) is 14.2 Å². The van der Waals surface area contributed by atoms with Gasteiger partial charge in [-0.1, -0.05) is 18.5 Å². The molecule has 6 nitrogen and oxygen atoms in total. The molecule has 3 N–H and O–H groups in total. The largest absolute Gasteiger partial charge is 0.495 e. The summed E-state index contributed by atoms with van der Waals surface area (Å²) in [5.74, 6) is 0.901. The van der Waals surface area contributed by atoms with E-state index >= 15 is 0 Å². The van der Waals surface area contributed by atoms with Gasteiger partial charge in [0, 0.05) is 12.6 Å². The lowest BCUT2D eigenvalue weighted by Gasteiger charge is -2.22. The maximum atomic E-state index is 12.3. The summed E-state index contributed by atoms with van der Waals surface area (Å²) in [4.78, 5) is 14.4. The van der Waals surface area contributed by atoms with Crippen molar-refractivity contribution in [3.63, 3.8) is 0 Å². The number of amides is 1. The first-order valence-corrected chi connectivity index (χ1v) is 7.92. The van der Waals surface area contributed by atoms with Crippen LogP contribution in [0.1, 0.15) is 13.3 Å². The molecule has 0 radical (unpaired) electrons. The molecule has 1 fully saturated rings. The Kier molecular flexibility index (Phi) is 7.60. The van der Waals surface area contributed by atoms with Crippen molar-refractivity contribution < 1.29 is 14.3 Å². The van der Waals surface area contributed by atoms with E-state index in [4.69, 9.17) is 26.8 Å². The first kappa shape index (κ1) is 20.8. The molecule has 1 heterocycles. The number of ether oxygens (including phenoxy) is 2. The van der Waals surface area contributed by atoms with Gasteiger partial charge in [0.1, 0.15) is 11.5 Å². The lowest BCUT2D eigenvalue weighted by molar-refractivity contribution is -0.117. The maximum Gasteiger partial charge on any atom is 0.238 e. The molecule has 2 rings (SSSR count). The van der Waals surface area contributed by atoms with Crippen LogP contribution in [0.25, 0.3) is 0 Å². The number of hydrogen-bond donors (Lipinski definition) is 2. The predicted octanol–water partition coefficient (Wildman–Crippen LogP) is 2.39. The van der Waals surface area contributed by atoms with Gasteiger partial charge in [0.15, 0.2) is 0 Å². The molecule has 1 atom stereocenters. The van der Waals surface area contributed by atoms with Gasteiger partial charge in [-0.15, -0.1) is 12.4 Å². The quantitative estimate of drug-likeness (QED) is 0.795. The fourth-order valence-electron chi connectivity index (χ4n) is 2.78. The van der Waals surface area contributed by atoms with E-state index in [0.717, 1.165) is 19.5 Å². The zero-order valence-corrected chi connectivity index (χ0v) is 15.8. The number of rotatable bonds is 6. The monoisotopic (exact) mass is 377 g/mol. The van der Waals surface area contributed by atoms with Gasteiger partial charge in [-0.25, -0.2) is 0 Å². The summed E-state index contributed by atoms with van der Waals surface area (Å²) in [6, 6.07) is 3.28. The molecule has 8 heteroatoms. The van der Waals surface area contributed by atoms with Crippen LogP contribution >= 0.6 is 24.0 Å². The molecule has 1 saturated heterocycles. The van der Waals surface area contributed by atoms with Gasteiger partial charge < -0.3 is 20.5 Å². The number of nitrogens with one attached hydrogen (secondary N) is 1. The average Bonchev–Trinajstić information content (AvgIpc) is 2.89. The summed E-state index contributed by atoms with van der Waals surface area (Å²) in [6.45, 7) is 4.81. The number of halogens is 2. The van der Waals surface area contributed by atoms with Crippen LogP contribution in [-0.4, -0.2) is 51.2 Å². The third kappa shape index (κ3) is 4.89. The van der Waals surface area contributed by atoms with Crippen LogP contribution in [0.4, 0.5) is 5.69 Å². The van der Waals surface area contributed by atoms with Crippen LogP contribution in [0.3, 0.4) is 0 Å². The fourth-order valence-corrected chi connectivity index (χ4v) is 3.02. The number of hydrogen-bond acceptors (Lipinski definition) is 5. The van der Waals surface area contributed by atoms with E-state index in [2.05, 4.69) is 17.1 Å². The first-order chi connectivity index (χ1) is 10.9. The lowest BCUT2D eigenvalue weighted by Crippen LogP contribution is -2.35. The highest BCUT2D eigenvalue weighted by atomic mass is 35.5. The molecule has 1 unspecified atom stereocenters. The van der Waals surface area contributed by atoms with Crippen molar-refractivity contribution in [2.75, 3.05) is 45.7 Å². The van der Waals surface area contributed by atoms with Crippen molar-refractivity contribution in [3.05, 3.63) is 17.2 Å². The van der Waals surface area contributed by atoms with Crippen LogP contribution < -0.4 is 20.5 Å². The molecule has 0 spiro atoms. The summed E-state index contributed by atoms with van der Waals surface area (Å²) < 4.78 is 10.4. The predicted molar refractivity (Wildman–Crippen MR) is 98.7 cm³/mol. The van der Waals surface area contributed by atoms with Gasteiger partial charge in [0.05, 0.1) is 31.5 Å². The molecular weight excluding hydrogens is 353 g/mol. The van der Waals surface area contributed by atoms with Crippen molar-refractivity contribution >= 4 is 35.6 Å². The number of benzene rings is 1. The van der Waals surface area contributed by atoms with Crippen LogP contribution in [0, 0.1) is 5.41 Å². The zero-order valence-electron chi connectivity index (χ0n) is 14.2. The molecule has 0 saturated carbocycles. The van der Waals surface area contributed by atoms with E-state index in [9.17, 15) is 4.79 Å². The van der Waals surface area contributed by atoms with Crippen LogP contribution in [-0.2, 0) is 4.79 Å². The molecule has 24 heavy (non-hydrogen) atoms. The second kappa shape index (κ2) is 8.76. The second-order valence-electron chi connectivity index (χ2n) is 6.21. The number of likely N-dealkylation sites (tertiary alicyclic amines) is 1. The van der Waals surface area contributed by atoms with Crippen molar-refractivity contribution in [2.45, 2.75) is 13.3 Å². The van der Waals surface area contributed by atoms with Gasteiger partial charge in [0.25, 0.3) is 0 Å². The number of carbonyl (C=O) groups is 1. The average molecular weight is 378 g/mol. The highest BCUT2D eigenvalue weighted by Crippen LogP contribution is 2.36. The normalized spacial score (nSPS) is 20.4. The maximum absolute atomic E-state index is 12.3. The fraction of sp³-hybridized carbons (Fsp3) is 0.562. The van der Waals surface area contributed by atoms with Gasteiger partial charge in [-0.05, 0) is 31.0 Å². The Morgan fingerprint density at radius 2 is 2.04 bits per heavy atom. The van der Waals surface area contributed by atoms with E-state index in [-0.39, 0.29) is 23.7 Å².